The summed E-state index contributed by atoms with van der Waals surface area (Å²) >= 11 is 3.30. The Balaban J connectivity index is 1.69. The second kappa shape index (κ2) is 8.96. The second-order valence-electron chi connectivity index (χ2n) is 6.51. The Hall–Kier alpha value is -2.39. The Morgan fingerprint density at radius 2 is 2.03 bits per heavy atom. The topological polar surface area (TPSA) is 74.7 Å². The lowest BCUT2D eigenvalue weighted by atomic mass is 10.2. The number of fused-ring (bicyclic) bond motifs is 3. The number of hydrogen-bond donors (Lipinski definition) is 2. The molecule has 1 aromatic carbocycles. The maximum Gasteiger partial charge on any atom is 0.190 e. The highest BCUT2D eigenvalue weighted by Gasteiger charge is 2.37. The van der Waals surface area contributed by atoms with Crippen molar-refractivity contribution in [3.8, 4) is 5.75 Å². The summed E-state index contributed by atoms with van der Waals surface area (Å²) in [5, 5.41) is 7.30. The van der Waals surface area contributed by atoms with Gasteiger partial charge in [-0.25, -0.2) is 20.0 Å². The number of amidine groups is 1. The molecular formula is C20H24N6OS2. The van der Waals surface area contributed by atoms with E-state index >= 15 is 0 Å². The predicted octanol–water partition coefficient (Wildman–Crippen LogP) is 4.31. The molecule has 1 atom stereocenters. The van der Waals surface area contributed by atoms with Gasteiger partial charge in [-0.1, -0.05) is 43.8 Å². The summed E-state index contributed by atoms with van der Waals surface area (Å²) in [6.07, 6.45) is 5.68. The molecule has 3 heterocycles. The molecule has 0 saturated carbocycles. The summed E-state index contributed by atoms with van der Waals surface area (Å²) in [6.45, 7) is 4.29. The van der Waals surface area contributed by atoms with Crippen LogP contribution in [0, 0.1) is 0 Å². The first-order chi connectivity index (χ1) is 14.2. The van der Waals surface area contributed by atoms with E-state index in [4.69, 9.17) is 19.7 Å². The molecule has 0 saturated heterocycles. The van der Waals surface area contributed by atoms with E-state index in [0.717, 1.165) is 51.7 Å². The van der Waals surface area contributed by atoms with E-state index in [9.17, 15) is 0 Å². The van der Waals surface area contributed by atoms with Crippen molar-refractivity contribution in [2.24, 2.45) is 4.99 Å². The number of nitrogens with zero attached hydrogens (tertiary/aromatic N) is 4. The number of hydrogen-bond acceptors (Lipinski definition) is 9. The third-order valence-electron chi connectivity index (χ3n) is 4.45. The first-order valence-electron chi connectivity index (χ1n) is 9.65. The SMILES string of the molecule is CCCSc1nc2c(c(SC)n1)C1=NC(=COc3ccccc3)NN1C(CC)N2. The van der Waals surface area contributed by atoms with Crippen molar-refractivity contribution in [2.75, 3.05) is 17.3 Å². The molecular weight excluding hydrogens is 404 g/mol. The lowest BCUT2D eigenvalue weighted by Crippen LogP contribution is -2.52. The molecule has 1 aromatic heterocycles. The van der Waals surface area contributed by atoms with E-state index in [1.807, 2.05) is 41.6 Å². The van der Waals surface area contributed by atoms with Crippen LogP contribution < -0.4 is 15.5 Å². The summed E-state index contributed by atoms with van der Waals surface area (Å²) in [7, 11) is 0. The van der Waals surface area contributed by atoms with E-state index in [0.29, 0.717) is 5.82 Å². The van der Waals surface area contributed by atoms with Crippen LogP contribution in [0.25, 0.3) is 0 Å². The van der Waals surface area contributed by atoms with Crippen molar-refractivity contribution in [3.63, 3.8) is 0 Å². The minimum atomic E-state index is 0.0394. The zero-order valence-electron chi connectivity index (χ0n) is 16.7. The van der Waals surface area contributed by atoms with Crippen LogP contribution in [0.1, 0.15) is 32.3 Å². The minimum absolute atomic E-state index is 0.0394. The molecule has 0 spiro atoms. The summed E-state index contributed by atoms with van der Waals surface area (Å²) in [6, 6.07) is 9.66. The van der Waals surface area contributed by atoms with Gasteiger partial charge in [-0.05, 0) is 31.2 Å². The molecule has 29 heavy (non-hydrogen) atoms. The molecule has 1 unspecified atom stereocenters. The third kappa shape index (κ3) is 4.16. The van der Waals surface area contributed by atoms with Crippen molar-refractivity contribution >= 4 is 35.2 Å². The average molecular weight is 429 g/mol. The van der Waals surface area contributed by atoms with Gasteiger partial charge in [0.15, 0.2) is 16.8 Å². The molecule has 2 aliphatic rings. The van der Waals surface area contributed by atoms with Crippen LogP contribution in [0.3, 0.4) is 0 Å². The summed E-state index contributed by atoms with van der Waals surface area (Å²) < 4.78 is 5.75. The van der Waals surface area contributed by atoms with Crippen LogP contribution >= 0.6 is 23.5 Å². The van der Waals surface area contributed by atoms with Crippen LogP contribution in [0.4, 0.5) is 5.82 Å². The first kappa shape index (κ1) is 19.9. The number of rotatable bonds is 7. The largest absolute Gasteiger partial charge is 0.461 e. The van der Waals surface area contributed by atoms with Gasteiger partial charge in [0.1, 0.15) is 29.0 Å². The van der Waals surface area contributed by atoms with Crippen LogP contribution in [0.2, 0.25) is 0 Å². The number of ether oxygens (including phenoxy) is 1. The number of benzene rings is 1. The van der Waals surface area contributed by atoms with Gasteiger partial charge in [0.25, 0.3) is 0 Å². The molecule has 0 aliphatic carbocycles. The fourth-order valence-corrected chi connectivity index (χ4v) is 4.41. The molecule has 9 heteroatoms. The molecule has 0 fully saturated rings. The molecule has 2 aliphatic heterocycles. The standard InChI is InChI=1S/C20H24N6OS2/c1-4-11-29-20-23-17-16(19(24-20)28-3)18-21-14(25-26(18)15(5-2)22-17)12-27-13-9-7-6-8-10-13/h6-10,12,15,25H,4-5,11H2,1-3H3,(H,22,23,24). The summed E-state index contributed by atoms with van der Waals surface area (Å²) in [5.74, 6) is 4.08. The van der Waals surface area contributed by atoms with Crippen molar-refractivity contribution < 1.29 is 4.74 Å². The van der Waals surface area contributed by atoms with Crippen LogP contribution in [-0.2, 0) is 0 Å². The van der Waals surface area contributed by atoms with Gasteiger partial charge in [0.05, 0.1) is 5.56 Å². The van der Waals surface area contributed by atoms with Gasteiger partial charge in [-0.3, -0.25) is 5.43 Å². The lowest BCUT2D eigenvalue weighted by molar-refractivity contribution is 0.276. The number of nitrogens with one attached hydrogen (secondary N) is 2. The third-order valence-corrected chi connectivity index (χ3v) is 6.18. The van der Waals surface area contributed by atoms with Crippen LogP contribution in [-0.4, -0.2) is 39.0 Å². The van der Waals surface area contributed by atoms with E-state index in [1.54, 1.807) is 29.8 Å². The van der Waals surface area contributed by atoms with Crippen LogP contribution in [0.15, 0.2) is 57.6 Å². The predicted molar refractivity (Wildman–Crippen MR) is 119 cm³/mol. The first-order valence-corrected chi connectivity index (χ1v) is 11.9. The Morgan fingerprint density at radius 3 is 2.76 bits per heavy atom. The molecule has 152 valence electrons. The zero-order chi connectivity index (χ0) is 20.2. The van der Waals surface area contributed by atoms with Gasteiger partial charge < -0.3 is 10.1 Å². The van der Waals surface area contributed by atoms with Crippen molar-refractivity contribution in [1.82, 2.24) is 20.4 Å². The smallest absolute Gasteiger partial charge is 0.190 e. The molecule has 4 rings (SSSR count). The summed E-state index contributed by atoms with van der Waals surface area (Å²) in [4.78, 5) is 14.3. The van der Waals surface area contributed by atoms with Gasteiger partial charge >= 0.3 is 0 Å². The van der Waals surface area contributed by atoms with Crippen molar-refractivity contribution in [1.29, 1.82) is 0 Å². The highest BCUT2D eigenvalue weighted by Crippen LogP contribution is 2.35. The highest BCUT2D eigenvalue weighted by molar-refractivity contribution is 7.99. The molecule has 2 N–H and O–H groups in total. The Kier molecular flexibility index (Phi) is 6.15. The molecule has 0 radical (unpaired) electrons. The highest BCUT2D eigenvalue weighted by atomic mass is 32.2. The lowest BCUT2D eigenvalue weighted by Gasteiger charge is -2.36. The fraction of sp³-hybridized carbons (Fsp3) is 0.350. The van der Waals surface area contributed by atoms with Gasteiger partial charge in [-0.2, -0.15) is 0 Å². The maximum absolute atomic E-state index is 5.75. The number of thioether (sulfide) groups is 2. The second-order valence-corrected chi connectivity index (χ2v) is 8.36. The monoisotopic (exact) mass is 428 g/mol. The summed E-state index contributed by atoms with van der Waals surface area (Å²) in [5.41, 5.74) is 4.27. The van der Waals surface area contributed by atoms with Gasteiger partial charge in [0.2, 0.25) is 0 Å². The molecule has 0 bridgehead atoms. The van der Waals surface area contributed by atoms with Crippen LogP contribution in [0.5, 0.6) is 5.75 Å². The fourth-order valence-electron chi connectivity index (χ4n) is 3.09. The quantitative estimate of drug-likeness (QED) is 0.293. The Morgan fingerprint density at radius 1 is 1.21 bits per heavy atom. The van der Waals surface area contributed by atoms with E-state index in [2.05, 4.69) is 24.6 Å². The number of hydrazine groups is 1. The number of aromatic nitrogens is 2. The van der Waals surface area contributed by atoms with E-state index in [1.165, 1.54) is 0 Å². The van der Waals surface area contributed by atoms with Crippen molar-refractivity contribution in [3.05, 3.63) is 48.0 Å². The Labute approximate surface area is 179 Å². The number of para-hydroxylation sites is 1. The Bertz CT molecular complexity index is 934. The van der Waals surface area contributed by atoms with Crippen molar-refractivity contribution in [2.45, 2.75) is 43.0 Å². The van der Waals surface area contributed by atoms with E-state index in [-0.39, 0.29) is 6.17 Å². The maximum atomic E-state index is 5.75. The normalized spacial score (nSPS) is 18.6. The molecule has 2 aromatic rings. The molecule has 0 amide bonds. The number of anilines is 1. The van der Waals surface area contributed by atoms with Gasteiger partial charge in [-0.15, -0.1) is 11.8 Å². The van der Waals surface area contributed by atoms with Gasteiger partial charge in [0, 0.05) is 5.75 Å². The molecule has 7 nitrogen and oxygen atoms in total. The average Bonchev–Trinajstić information content (AvgIpc) is 3.19. The number of aliphatic imine (C=N–C) groups is 1. The zero-order valence-corrected chi connectivity index (χ0v) is 18.3. The van der Waals surface area contributed by atoms with E-state index < -0.39 is 0 Å². The minimum Gasteiger partial charge on any atom is -0.461 e.